The Kier molecular flexibility index (Phi) is 8.65. The Bertz CT molecular complexity index is 987. The molecule has 0 spiro atoms. The van der Waals surface area contributed by atoms with Gasteiger partial charge < -0.3 is 15.5 Å². The topological polar surface area (TPSA) is 128 Å². The van der Waals surface area contributed by atoms with Gasteiger partial charge in [0.05, 0.1) is 12.5 Å². The van der Waals surface area contributed by atoms with Gasteiger partial charge in [-0.05, 0) is 42.9 Å². The van der Waals surface area contributed by atoms with Crippen molar-refractivity contribution in [1.82, 2.24) is 26.0 Å². The van der Waals surface area contributed by atoms with Crippen LogP contribution in [-0.4, -0.2) is 82.5 Å². The molecule has 0 aromatic rings. The molecule has 5 amide bonds. The van der Waals surface area contributed by atoms with Crippen LogP contribution in [0.3, 0.4) is 0 Å². The first-order valence-electron chi connectivity index (χ1n) is 13.0. The summed E-state index contributed by atoms with van der Waals surface area (Å²) in [4.78, 5) is 65.7. The summed E-state index contributed by atoms with van der Waals surface area (Å²) in [5.74, 6) is -4.37. The normalized spacial score (nSPS) is 25.3. The lowest BCUT2D eigenvalue weighted by atomic mass is 9.80. The molecule has 38 heavy (non-hydrogen) atoms. The summed E-state index contributed by atoms with van der Waals surface area (Å²) in [5.41, 5.74) is -3.32. The minimum Gasteiger partial charge on any atom is -0.356 e. The molecule has 214 valence electrons. The summed E-state index contributed by atoms with van der Waals surface area (Å²) in [5, 5.41) is 5.90. The summed E-state index contributed by atoms with van der Waals surface area (Å²) in [6.45, 7) is 9.39. The van der Waals surface area contributed by atoms with E-state index in [1.807, 2.05) is 20.8 Å². The van der Waals surface area contributed by atoms with E-state index >= 15 is 0 Å². The van der Waals surface area contributed by atoms with Gasteiger partial charge in [-0.15, -0.1) is 0 Å². The van der Waals surface area contributed by atoms with Crippen LogP contribution in [0.2, 0.25) is 0 Å². The van der Waals surface area contributed by atoms with Crippen molar-refractivity contribution < 1.29 is 32.8 Å². The van der Waals surface area contributed by atoms with E-state index in [4.69, 9.17) is 11.6 Å². The van der Waals surface area contributed by atoms with E-state index in [1.54, 1.807) is 13.8 Å². The Balaban J connectivity index is 1.84. The third-order valence-corrected chi connectivity index (χ3v) is 8.07. The smallest absolute Gasteiger partial charge is 0.291 e. The number of nitrogens with one attached hydrogen (secondary N) is 3. The SMILES string of the molecule is CCC(C)(C)[C@H](NC(=O)C1(F)CC1)C(=O)N1CC(C)(C)C[C@H]1C(=O)NN(C[C@@H]1CCNC1=O)C(=O)[C@H](F)Cl. The Morgan fingerprint density at radius 2 is 1.89 bits per heavy atom. The summed E-state index contributed by atoms with van der Waals surface area (Å²) in [6, 6.07) is -2.17. The largest absolute Gasteiger partial charge is 0.356 e. The van der Waals surface area contributed by atoms with Crippen LogP contribution in [0.25, 0.3) is 0 Å². The highest BCUT2D eigenvalue weighted by molar-refractivity contribution is 6.29. The van der Waals surface area contributed by atoms with Gasteiger partial charge in [-0.3, -0.25) is 29.4 Å². The highest BCUT2D eigenvalue weighted by atomic mass is 35.5. The van der Waals surface area contributed by atoms with Crippen LogP contribution in [-0.2, 0) is 24.0 Å². The van der Waals surface area contributed by atoms with Crippen LogP contribution in [0.5, 0.6) is 0 Å². The van der Waals surface area contributed by atoms with Gasteiger partial charge in [0.15, 0.2) is 5.67 Å². The van der Waals surface area contributed by atoms with E-state index in [9.17, 15) is 32.8 Å². The minimum absolute atomic E-state index is 0.0904. The Morgan fingerprint density at radius 3 is 2.39 bits per heavy atom. The lowest BCUT2D eigenvalue weighted by molar-refractivity contribution is -0.150. The van der Waals surface area contributed by atoms with Crippen molar-refractivity contribution in [1.29, 1.82) is 0 Å². The molecule has 1 aliphatic carbocycles. The minimum atomic E-state index is -2.45. The zero-order valence-corrected chi connectivity index (χ0v) is 23.3. The third-order valence-electron chi connectivity index (χ3n) is 7.88. The predicted molar refractivity (Wildman–Crippen MR) is 135 cm³/mol. The van der Waals surface area contributed by atoms with Gasteiger partial charge in [0.2, 0.25) is 11.8 Å². The van der Waals surface area contributed by atoms with Gasteiger partial charge in [0.25, 0.3) is 23.4 Å². The lowest BCUT2D eigenvalue weighted by Gasteiger charge is -2.38. The van der Waals surface area contributed by atoms with Crippen LogP contribution < -0.4 is 16.1 Å². The number of nitrogens with zero attached hydrogens (tertiary/aromatic N) is 2. The molecule has 3 aliphatic rings. The molecule has 1 saturated carbocycles. The fraction of sp³-hybridized carbons (Fsp3) is 0.800. The molecule has 2 heterocycles. The van der Waals surface area contributed by atoms with Crippen LogP contribution in [0, 0.1) is 16.7 Å². The van der Waals surface area contributed by atoms with Crippen molar-refractivity contribution in [2.24, 2.45) is 16.7 Å². The maximum atomic E-state index is 14.5. The van der Waals surface area contributed by atoms with Gasteiger partial charge in [0, 0.05) is 13.1 Å². The van der Waals surface area contributed by atoms with Crippen molar-refractivity contribution in [3.63, 3.8) is 0 Å². The van der Waals surface area contributed by atoms with Gasteiger partial charge in [0.1, 0.15) is 12.1 Å². The number of hydrogen-bond donors (Lipinski definition) is 3. The van der Waals surface area contributed by atoms with E-state index in [0.29, 0.717) is 24.4 Å². The first-order chi connectivity index (χ1) is 17.5. The molecule has 0 bridgehead atoms. The molecule has 0 aromatic carbocycles. The third kappa shape index (κ3) is 6.55. The van der Waals surface area contributed by atoms with Gasteiger partial charge in [-0.1, -0.05) is 46.2 Å². The van der Waals surface area contributed by atoms with Crippen molar-refractivity contribution in [3.05, 3.63) is 0 Å². The number of hydrogen-bond acceptors (Lipinski definition) is 5. The van der Waals surface area contributed by atoms with Crippen molar-refractivity contribution >= 4 is 41.1 Å². The number of amides is 5. The lowest BCUT2D eigenvalue weighted by Crippen LogP contribution is -2.61. The molecular formula is C25H38ClF2N5O5. The number of halogens is 3. The summed E-state index contributed by atoms with van der Waals surface area (Å²) < 4.78 is 28.2. The molecule has 0 radical (unpaired) electrons. The van der Waals surface area contributed by atoms with Crippen LogP contribution in [0.1, 0.15) is 66.7 Å². The van der Waals surface area contributed by atoms with E-state index in [2.05, 4.69) is 16.1 Å². The molecule has 0 aromatic heterocycles. The number of hydrazine groups is 1. The average molecular weight is 562 g/mol. The van der Waals surface area contributed by atoms with Crippen LogP contribution >= 0.6 is 11.6 Å². The van der Waals surface area contributed by atoms with Crippen molar-refractivity contribution in [2.75, 3.05) is 19.6 Å². The second kappa shape index (κ2) is 10.9. The van der Waals surface area contributed by atoms with Crippen molar-refractivity contribution in [2.45, 2.75) is 90.1 Å². The molecule has 4 atom stereocenters. The van der Waals surface area contributed by atoms with E-state index < -0.39 is 63.8 Å². The molecule has 10 nitrogen and oxygen atoms in total. The van der Waals surface area contributed by atoms with E-state index in [-0.39, 0.29) is 38.3 Å². The Hall–Kier alpha value is -2.50. The number of carbonyl (C=O) groups excluding carboxylic acids is 5. The second-order valence-electron chi connectivity index (χ2n) is 12.1. The molecule has 2 aliphatic heterocycles. The van der Waals surface area contributed by atoms with E-state index in [1.165, 1.54) is 4.90 Å². The summed E-state index contributed by atoms with van der Waals surface area (Å²) in [7, 11) is 0. The number of alkyl halides is 3. The van der Waals surface area contributed by atoms with Crippen LogP contribution in [0.15, 0.2) is 0 Å². The second-order valence-corrected chi connectivity index (χ2v) is 12.4. The molecule has 13 heteroatoms. The number of rotatable bonds is 9. The maximum absolute atomic E-state index is 14.5. The fourth-order valence-electron chi connectivity index (χ4n) is 4.85. The Morgan fingerprint density at radius 1 is 1.26 bits per heavy atom. The quantitative estimate of drug-likeness (QED) is 0.291. The van der Waals surface area contributed by atoms with E-state index in [0.717, 1.165) is 0 Å². The van der Waals surface area contributed by atoms with Crippen molar-refractivity contribution in [3.8, 4) is 0 Å². The maximum Gasteiger partial charge on any atom is 0.291 e. The highest BCUT2D eigenvalue weighted by Crippen LogP contribution is 2.41. The zero-order chi connectivity index (χ0) is 28.6. The highest BCUT2D eigenvalue weighted by Gasteiger charge is 2.54. The molecular weight excluding hydrogens is 524 g/mol. The van der Waals surface area contributed by atoms with Crippen LogP contribution in [0.4, 0.5) is 8.78 Å². The first-order valence-corrected chi connectivity index (χ1v) is 13.4. The first kappa shape index (κ1) is 30.0. The molecule has 3 N–H and O–H groups in total. The summed E-state index contributed by atoms with van der Waals surface area (Å²) in [6.07, 6.45) is 1.27. The monoisotopic (exact) mass is 561 g/mol. The molecule has 2 saturated heterocycles. The molecule has 3 fully saturated rings. The fourth-order valence-corrected chi connectivity index (χ4v) is 4.97. The number of likely N-dealkylation sites (tertiary alicyclic amines) is 1. The predicted octanol–water partition coefficient (Wildman–Crippen LogP) is 1.57. The van der Waals surface area contributed by atoms with Gasteiger partial charge in [-0.25, -0.2) is 13.8 Å². The summed E-state index contributed by atoms with van der Waals surface area (Å²) >= 11 is 5.37. The zero-order valence-electron chi connectivity index (χ0n) is 22.5. The molecule has 0 unspecified atom stereocenters. The Labute approximate surface area is 226 Å². The average Bonchev–Trinajstić information content (AvgIpc) is 3.33. The number of carbonyl (C=O) groups is 5. The standard InChI is InChI=1S/C25H38ClF2N5O5/c1-6-24(4,5)16(30-22(38)25(28)8-9-25)20(36)32-13-23(2,3)11-15(32)19(35)31-33(21(37)17(26)27)12-14-7-10-29-18(14)34/h14-17H,6-13H2,1-5H3,(H,29,34)(H,30,38)(H,31,35)/t14-,15-,16+,17-/m0/s1. The van der Waals surface area contributed by atoms with Gasteiger partial charge >= 0.3 is 0 Å². The van der Waals surface area contributed by atoms with Gasteiger partial charge in [-0.2, -0.15) is 0 Å². The molecule has 3 rings (SSSR count).